The topological polar surface area (TPSA) is 111 Å². The molecule has 0 spiro atoms. The van der Waals surface area contributed by atoms with Crippen LogP contribution in [0.5, 0.6) is 5.75 Å². The number of nitrogens with zero attached hydrogens (tertiary/aromatic N) is 3. The van der Waals surface area contributed by atoms with Crippen LogP contribution in [0.4, 0.5) is 10.5 Å². The molecule has 1 aliphatic rings. The lowest BCUT2D eigenvalue weighted by atomic mass is 9.97. The first-order chi connectivity index (χ1) is 16.2. The summed E-state index contributed by atoms with van der Waals surface area (Å²) in [6.07, 6.45) is 3.66. The molecule has 0 bridgehead atoms. The van der Waals surface area contributed by atoms with Crippen LogP contribution in [-0.2, 0) is 11.3 Å². The van der Waals surface area contributed by atoms with Crippen molar-refractivity contribution in [2.24, 2.45) is 0 Å². The van der Waals surface area contributed by atoms with Gasteiger partial charge in [0.2, 0.25) is 0 Å². The SMILES string of the molecule is COc1ccccc1NC(=O)N[C@H]1CC[C@H](CCn2cc(-c3ccccc3)nn2)O[C@@H]1CO. The van der Waals surface area contributed by atoms with Crippen molar-refractivity contribution >= 4 is 11.7 Å². The Bertz CT molecular complexity index is 1040. The molecular formula is C24H29N5O4. The molecule has 3 atom stereocenters. The van der Waals surface area contributed by atoms with Crippen molar-refractivity contribution in [1.29, 1.82) is 0 Å². The summed E-state index contributed by atoms with van der Waals surface area (Å²) in [4.78, 5) is 12.5. The number of benzene rings is 2. The van der Waals surface area contributed by atoms with E-state index in [0.29, 0.717) is 24.4 Å². The first-order valence-corrected chi connectivity index (χ1v) is 11.1. The van der Waals surface area contributed by atoms with Crippen LogP contribution < -0.4 is 15.4 Å². The summed E-state index contributed by atoms with van der Waals surface area (Å²) in [6.45, 7) is 0.493. The zero-order valence-corrected chi connectivity index (χ0v) is 18.6. The number of carbonyl (C=O) groups excluding carboxylic acids is 1. The molecule has 0 aliphatic carbocycles. The number of para-hydroxylation sites is 2. The van der Waals surface area contributed by atoms with Gasteiger partial charge in [0, 0.05) is 12.1 Å². The van der Waals surface area contributed by atoms with E-state index in [4.69, 9.17) is 9.47 Å². The van der Waals surface area contributed by atoms with Crippen LogP contribution >= 0.6 is 0 Å². The van der Waals surface area contributed by atoms with Crippen LogP contribution in [-0.4, -0.2) is 58.1 Å². The van der Waals surface area contributed by atoms with Crippen molar-refractivity contribution in [3.63, 3.8) is 0 Å². The fraction of sp³-hybridized carbons (Fsp3) is 0.375. The monoisotopic (exact) mass is 451 g/mol. The summed E-state index contributed by atoms with van der Waals surface area (Å²) in [7, 11) is 1.55. The zero-order valence-electron chi connectivity index (χ0n) is 18.6. The number of hydrogen-bond donors (Lipinski definition) is 3. The molecule has 1 fully saturated rings. The summed E-state index contributed by atoms with van der Waals surface area (Å²) in [5, 5.41) is 24.0. The lowest BCUT2D eigenvalue weighted by molar-refractivity contribution is -0.0905. The number of nitrogens with one attached hydrogen (secondary N) is 2. The molecule has 1 aliphatic heterocycles. The minimum Gasteiger partial charge on any atom is -0.495 e. The third kappa shape index (κ3) is 5.88. The number of aliphatic hydroxyl groups excluding tert-OH is 1. The number of anilines is 1. The third-order valence-corrected chi connectivity index (χ3v) is 5.76. The van der Waals surface area contributed by atoms with E-state index in [2.05, 4.69) is 20.9 Å². The Morgan fingerprint density at radius 3 is 2.76 bits per heavy atom. The van der Waals surface area contributed by atoms with E-state index in [9.17, 15) is 9.90 Å². The van der Waals surface area contributed by atoms with Gasteiger partial charge in [0.15, 0.2) is 0 Å². The van der Waals surface area contributed by atoms with Crippen LogP contribution in [0.25, 0.3) is 11.3 Å². The fourth-order valence-corrected chi connectivity index (χ4v) is 4.01. The summed E-state index contributed by atoms with van der Waals surface area (Å²) < 4.78 is 13.2. The molecule has 2 heterocycles. The van der Waals surface area contributed by atoms with E-state index in [0.717, 1.165) is 24.1 Å². The summed E-state index contributed by atoms with van der Waals surface area (Å²) in [5.74, 6) is 0.579. The van der Waals surface area contributed by atoms with Crippen LogP contribution in [0, 0.1) is 0 Å². The van der Waals surface area contributed by atoms with E-state index in [1.807, 2.05) is 53.3 Å². The molecule has 2 amide bonds. The second-order valence-electron chi connectivity index (χ2n) is 7.98. The van der Waals surface area contributed by atoms with E-state index in [1.165, 1.54) is 0 Å². The maximum Gasteiger partial charge on any atom is 0.319 e. The second-order valence-corrected chi connectivity index (χ2v) is 7.98. The quantitative estimate of drug-likeness (QED) is 0.486. The number of amides is 2. The number of aryl methyl sites for hydroxylation is 1. The average Bonchev–Trinajstić information content (AvgIpc) is 3.33. The second kappa shape index (κ2) is 10.9. The highest BCUT2D eigenvalue weighted by molar-refractivity contribution is 5.91. The normalized spacial score (nSPS) is 20.2. The molecule has 9 nitrogen and oxygen atoms in total. The van der Waals surface area contributed by atoms with Gasteiger partial charge in [-0.2, -0.15) is 0 Å². The average molecular weight is 452 g/mol. The lowest BCUT2D eigenvalue weighted by Crippen LogP contribution is -2.52. The number of methoxy groups -OCH3 is 1. The first kappa shape index (κ1) is 22.8. The lowest BCUT2D eigenvalue weighted by Gasteiger charge is -2.36. The van der Waals surface area contributed by atoms with Gasteiger partial charge < -0.3 is 25.2 Å². The fourth-order valence-electron chi connectivity index (χ4n) is 4.01. The van der Waals surface area contributed by atoms with Gasteiger partial charge in [0.1, 0.15) is 17.5 Å². The van der Waals surface area contributed by atoms with Crippen molar-refractivity contribution in [3.05, 3.63) is 60.8 Å². The van der Waals surface area contributed by atoms with E-state index in [-0.39, 0.29) is 24.8 Å². The molecule has 0 unspecified atom stereocenters. The van der Waals surface area contributed by atoms with Gasteiger partial charge in [-0.1, -0.05) is 47.7 Å². The molecule has 9 heteroatoms. The smallest absolute Gasteiger partial charge is 0.319 e. The molecule has 4 rings (SSSR count). The van der Waals surface area contributed by atoms with E-state index < -0.39 is 6.10 Å². The van der Waals surface area contributed by atoms with Crippen molar-refractivity contribution in [1.82, 2.24) is 20.3 Å². The van der Waals surface area contributed by atoms with E-state index >= 15 is 0 Å². The zero-order chi connectivity index (χ0) is 23.0. The number of aliphatic hydroxyl groups is 1. The molecule has 33 heavy (non-hydrogen) atoms. The number of aromatic nitrogens is 3. The van der Waals surface area contributed by atoms with Crippen molar-refractivity contribution in [3.8, 4) is 17.0 Å². The van der Waals surface area contributed by atoms with Crippen molar-refractivity contribution in [2.75, 3.05) is 19.0 Å². The van der Waals surface area contributed by atoms with Crippen molar-refractivity contribution < 1.29 is 19.4 Å². The Labute approximate surface area is 192 Å². The molecule has 3 N–H and O–H groups in total. The predicted octanol–water partition coefficient (Wildman–Crippen LogP) is 3.07. The van der Waals surface area contributed by atoms with E-state index in [1.54, 1.807) is 19.2 Å². The van der Waals surface area contributed by atoms with Gasteiger partial charge in [0.05, 0.1) is 37.7 Å². The number of ether oxygens (including phenoxy) is 2. The number of hydrogen-bond acceptors (Lipinski definition) is 6. The molecular weight excluding hydrogens is 422 g/mol. The third-order valence-electron chi connectivity index (χ3n) is 5.76. The Balaban J connectivity index is 1.27. The highest BCUT2D eigenvalue weighted by Crippen LogP contribution is 2.25. The summed E-state index contributed by atoms with van der Waals surface area (Å²) in [5.41, 5.74) is 2.44. The molecule has 3 aromatic rings. The molecule has 0 radical (unpaired) electrons. The summed E-state index contributed by atoms with van der Waals surface area (Å²) >= 11 is 0. The van der Waals surface area contributed by atoms with Gasteiger partial charge >= 0.3 is 6.03 Å². The first-order valence-electron chi connectivity index (χ1n) is 11.1. The van der Waals surface area contributed by atoms with Gasteiger partial charge in [-0.3, -0.25) is 4.68 Å². The van der Waals surface area contributed by atoms with Crippen LogP contribution in [0.15, 0.2) is 60.8 Å². The van der Waals surface area contributed by atoms with Gasteiger partial charge in [-0.05, 0) is 31.4 Å². The van der Waals surface area contributed by atoms with Crippen LogP contribution in [0.3, 0.4) is 0 Å². The molecule has 1 saturated heterocycles. The number of rotatable bonds is 8. The largest absolute Gasteiger partial charge is 0.495 e. The standard InChI is InChI=1S/C24H29N5O4/c1-32-22-10-6-5-9-19(22)25-24(31)26-20-12-11-18(33-23(20)16-30)13-14-29-15-21(27-28-29)17-7-3-2-4-8-17/h2-10,15,18,20,23,30H,11-14,16H2,1H3,(H2,25,26,31)/t18-,20+,23-/m1/s1. The van der Waals surface area contributed by atoms with Crippen LogP contribution in [0.2, 0.25) is 0 Å². The van der Waals surface area contributed by atoms with Gasteiger partial charge in [0.25, 0.3) is 0 Å². The Hall–Kier alpha value is -3.43. The summed E-state index contributed by atoms with van der Waals surface area (Å²) in [6, 6.07) is 16.5. The predicted molar refractivity (Wildman–Crippen MR) is 124 cm³/mol. The highest BCUT2D eigenvalue weighted by atomic mass is 16.5. The molecule has 0 saturated carbocycles. The Morgan fingerprint density at radius 1 is 1.18 bits per heavy atom. The minimum absolute atomic E-state index is 0.0261. The Kier molecular flexibility index (Phi) is 7.54. The number of urea groups is 1. The van der Waals surface area contributed by atoms with Gasteiger partial charge in [-0.25, -0.2) is 4.79 Å². The van der Waals surface area contributed by atoms with Crippen molar-refractivity contribution in [2.45, 2.75) is 44.1 Å². The molecule has 1 aromatic heterocycles. The number of carbonyl (C=O) groups is 1. The minimum atomic E-state index is -0.470. The van der Waals surface area contributed by atoms with Crippen LogP contribution in [0.1, 0.15) is 19.3 Å². The maximum absolute atomic E-state index is 12.5. The van der Waals surface area contributed by atoms with Gasteiger partial charge in [-0.15, -0.1) is 5.10 Å². The molecule has 174 valence electrons. The Morgan fingerprint density at radius 2 is 1.97 bits per heavy atom. The maximum atomic E-state index is 12.5. The molecule has 2 aromatic carbocycles. The highest BCUT2D eigenvalue weighted by Gasteiger charge is 2.32.